The number of carbonyl (C=O) groups is 2. The summed E-state index contributed by atoms with van der Waals surface area (Å²) in [6.07, 6.45) is -8.06. The van der Waals surface area contributed by atoms with Gasteiger partial charge in [-0.2, -0.15) is 0 Å². The SMILES string of the molecule is CC(C)=C(C)C(=O)OC(=O)[C@H](O)[C@@H](O)[C@H](O)[C@H](O)CO. The fourth-order valence-electron chi connectivity index (χ4n) is 1.09. The van der Waals surface area contributed by atoms with Gasteiger partial charge in [0, 0.05) is 5.57 Å². The molecular weight excluding hydrogens is 272 g/mol. The quantitative estimate of drug-likeness (QED) is 0.212. The van der Waals surface area contributed by atoms with Crippen molar-refractivity contribution in [2.24, 2.45) is 0 Å². The van der Waals surface area contributed by atoms with E-state index in [2.05, 4.69) is 4.74 Å². The molecule has 0 heterocycles. The van der Waals surface area contributed by atoms with E-state index in [9.17, 15) is 24.9 Å². The number of rotatable bonds is 6. The van der Waals surface area contributed by atoms with Gasteiger partial charge in [0.15, 0.2) is 6.10 Å². The first-order valence-electron chi connectivity index (χ1n) is 5.86. The molecule has 0 aromatic rings. The van der Waals surface area contributed by atoms with Crippen LogP contribution < -0.4 is 0 Å². The number of hydrogen-bond donors (Lipinski definition) is 5. The van der Waals surface area contributed by atoms with E-state index in [0.717, 1.165) is 0 Å². The zero-order valence-corrected chi connectivity index (χ0v) is 11.5. The highest BCUT2D eigenvalue weighted by Gasteiger charge is 2.36. The van der Waals surface area contributed by atoms with Crippen molar-refractivity contribution in [2.45, 2.75) is 45.2 Å². The molecular formula is C12H20O8. The molecule has 0 aliphatic carbocycles. The van der Waals surface area contributed by atoms with Crippen LogP contribution in [0.3, 0.4) is 0 Å². The maximum Gasteiger partial charge on any atom is 0.345 e. The van der Waals surface area contributed by atoms with Crippen molar-refractivity contribution < 1.29 is 39.9 Å². The molecule has 0 aromatic carbocycles. The van der Waals surface area contributed by atoms with E-state index < -0.39 is 43.0 Å². The van der Waals surface area contributed by atoms with Gasteiger partial charge in [-0.3, -0.25) is 0 Å². The fourth-order valence-corrected chi connectivity index (χ4v) is 1.09. The standard InChI is InChI=1S/C12H20O8/c1-5(2)6(3)11(18)20-12(19)10(17)9(16)8(15)7(14)4-13/h7-10,13-17H,4H2,1-3H3/t7-,8-,9+,10-/m1/s1. The largest absolute Gasteiger partial charge is 0.394 e. The molecule has 0 aliphatic rings. The van der Waals surface area contributed by atoms with Crippen molar-refractivity contribution in [2.75, 3.05) is 6.61 Å². The number of hydrogen-bond acceptors (Lipinski definition) is 8. The molecule has 0 aliphatic heterocycles. The van der Waals surface area contributed by atoms with Crippen molar-refractivity contribution in [1.82, 2.24) is 0 Å². The summed E-state index contributed by atoms with van der Waals surface area (Å²) < 4.78 is 4.32. The number of ether oxygens (including phenoxy) is 1. The summed E-state index contributed by atoms with van der Waals surface area (Å²) in [4.78, 5) is 22.8. The first-order valence-corrected chi connectivity index (χ1v) is 5.86. The summed E-state index contributed by atoms with van der Waals surface area (Å²) in [7, 11) is 0. The molecule has 0 fully saturated rings. The average Bonchev–Trinajstić information content (AvgIpc) is 2.42. The lowest BCUT2D eigenvalue weighted by Gasteiger charge is -2.24. The summed E-state index contributed by atoms with van der Waals surface area (Å²) in [5.74, 6) is -2.45. The molecule has 0 amide bonds. The van der Waals surface area contributed by atoms with Crippen molar-refractivity contribution in [3.05, 3.63) is 11.1 Å². The molecule has 4 atom stereocenters. The normalized spacial score (nSPS) is 16.8. The number of allylic oxidation sites excluding steroid dienone is 1. The zero-order valence-electron chi connectivity index (χ0n) is 11.5. The van der Waals surface area contributed by atoms with E-state index in [1.807, 2.05) is 0 Å². The molecule has 116 valence electrons. The molecule has 0 unspecified atom stereocenters. The third-order valence-corrected chi connectivity index (χ3v) is 2.75. The Labute approximate surface area is 115 Å². The van der Waals surface area contributed by atoms with Gasteiger partial charge >= 0.3 is 11.9 Å². The molecule has 0 aromatic heterocycles. The van der Waals surface area contributed by atoms with E-state index in [4.69, 9.17) is 10.2 Å². The Hall–Kier alpha value is -1.32. The summed E-state index contributed by atoms with van der Waals surface area (Å²) in [6, 6.07) is 0. The zero-order chi connectivity index (χ0) is 16.0. The van der Waals surface area contributed by atoms with Crippen LogP contribution in [0, 0.1) is 0 Å². The highest BCUT2D eigenvalue weighted by atomic mass is 16.6. The van der Waals surface area contributed by atoms with Crippen molar-refractivity contribution >= 4 is 11.9 Å². The summed E-state index contributed by atoms with van der Waals surface area (Å²) in [6.45, 7) is 3.77. The Morgan fingerprint density at radius 2 is 1.50 bits per heavy atom. The van der Waals surface area contributed by atoms with Gasteiger partial charge in [-0.15, -0.1) is 0 Å². The van der Waals surface area contributed by atoms with E-state index >= 15 is 0 Å². The van der Waals surface area contributed by atoms with Crippen molar-refractivity contribution in [3.8, 4) is 0 Å². The maximum atomic E-state index is 11.4. The minimum absolute atomic E-state index is 0.163. The van der Waals surface area contributed by atoms with Gasteiger partial charge in [0.05, 0.1) is 6.61 Å². The molecule has 5 N–H and O–H groups in total. The van der Waals surface area contributed by atoms with Crippen LogP contribution in [0.1, 0.15) is 20.8 Å². The summed E-state index contributed by atoms with van der Waals surface area (Å²) >= 11 is 0. The lowest BCUT2D eigenvalue weighted by atomic mass is 10.0. The summed E-state index contributed by atoms with van der Waals surface area (Å²) in [5.41, 5.74) is 0.768. The highest BCUT2D eigenvalue weighted by molar-refractivity contribution is 5.97. The van der Waals surface area contributed by atoms with E-state index in [1.165, 1.54) is 6.92 Å². The molecule has 0 radical (unpaired) electrons. The smallest absolute Gasteiger partial charge is 0.345 e. The molecule has 0 saturated carbocycles. The first-order chi connectivity index (χ1) is 9.13. The van der Waals surface area contributed by atoms with Crippen molar-refractivity contribution in [3.63, 3.8) is 0 Å². The molecule has 0 bridgehead atoms. The first kappa shape index (κ1) is 18.7. The Morgan fingerprint density at radius 1 is 1.00 bits per heavy atom. The molecule has 0 saturated heterocycles. The second-order valence-electron chi connectivity index (χ2n) is 4.51. The highest BCUT2D eigenvalue weighted by Crippen LogP contribution is 2.09. The number of aliphatic hydroxyl groups is 5. The van der Waals surface area contributed by atoms with Crippen LogP contribution in [0.15, 0.2) is 11.1 Å². The Bertz CT molecular complexity index is 385. The monoisotopic (exact) mass is 292 g/mol. The predicted molar refractivity (Wildman–Crippen MR) is 66.3 cm³/mol. The Kier molecular flexibility index (Phi) is 7.54. The lowest BCUT2D eigenvalue weighted by molar-refractivity contribution is -0.175. The number of aliphatic hydroxyl groups excluding tert-OH is 5. The summed E-state index contributed by atoms with van der Waals surface area (Å²) in [5, 5.41) is 45.8. The molecule has 20 heavy (non-hydrogen) atoms. The van der Waals surface area contributed by atoms with Gasteiger partial charge in [0.1, 0.15) is 18.3 Å². The number of esters is 2. The van der Waals surface area contributed by atoms with E-state index in [1.54, 1.807) is 13.8 Å². The third kappa shape index (κ3) is 4.99. The molecule has 8 heteroatoms. The van der Waals surface area contributed by atoms with Crippen LogP contribution in [-0.2, 0) is 14.3 Å². The van der Waals surface area contributed by atoms with Crippen LogP contribution >= 0.6 is 0 Å². The number of carbonyl (C=O) groups excluding carboxylic acids is 2. The second-order valence-corrected chi connectivity index (χ2v) is 4.51. The molecule has 0 spiro atoms. The van der Waals surface area contributed by atoms with Gasteiger partial charge in [-0.25, -0.2) is 9.59 Å². The second kappa shape index (κ2) is 8.08. The fraction of sp³-hybridized carbons (Fsp3) is 0.667. The average molecular weight is 292 g/mol. The van der Waals surface area contributed by atoms with E-state index in [0.29, 0.717) is 5.57 Å². The van der Waals surface area contributed by atoms with Gasteiger partial charge in [-0.05, 0) is 20.8 Å². The minimum atomic E-state index is -2.24. The van der Waals surface area contributed by atoms with Crippen LogP contribution in [0.4, 0.5) is 0 Å². The van der Waals surface area contributed by atoms with Crippen LogP contribution in [0.5, 0.6) is 0 Å². The van der Waals surface area contributed by atoms with Gasteiger partial charge < -0.3 is 30.3 Å². The van der Waals surface area contributed by atoms with Gasteiger partial charge in [0.25, 0.3) is 0 Å². The van der Waals surface area contributed by atoms with Gasteiger partial charge in [0.2, 0.25) is 0 Å². The van der Waals surface area contributed by atoms with Crippen LogP contribution in [0.2, 0.25) is 0 Å². The maximum absolute atomic E-state index is 11.4. The van der Waals surface area contributed by atoms with E-state index in [-0.39, 0.29) is 5.57 Å². The molecule has 0 rings (SSSR count). The lowest BCUT2D eigenvalue weighted by Crippen LogP contribution is -2.49. The predicted octanol–water partition coefficient (Wildman–Crippen LogP) is -2.15. The molecule has 8 nitrogen and oxygen atoms in total. The minimum Gasteiger partial charge on any atom is -0.394 e. The van der Waals surface area contributed by atoms with Gasteiger partial charge in [-0.1, -0.05) is 5.57 Å². The third-order valence-electron chi connectivity index (χ3n) is 2.75. The Morgan fingerprint density at radius 3 is 1.90 bits per heavy atom. The Balaban J connectivity index is 4.71. The van der Waals surface area contributed by atoms with Crippen LogP contribution in [-0.4, -0.2) is 68.5 Å². The van der Waals surface area contributed by atoms with Crippen LogP contribution in [0.25, 0.3) is 0 Å². The van der Waals surface area contributed by atoms with Crippen molar-refractivity contribution in [1.29, 1.82) is 0 Å². The topological polar surface area (TPSA) is 145 Å².